The summed E-state index contributed by atoms with van der Waals surface area (Å²) in [5, 5.41) is 0. The summed E-state index contributed by atoms with van der Waals surface area (Å²) in [5.74, 6) is -1.41. The smallest absolute Gasteiger partial charge is 0.356 e. The highest BCUT2D eigenvalue weighted by atomic mass is 16.6. The lowest BCUT2D eigenvalue weighted by Gasteiger charge is -2.15. The predicted molar refractivity (Wildman–Crippen MR) is 93.9 cm³/mol. The van der Waals surface area contributed by atoms with Crippen LogP contribution in [0.4, 0.5) is 0 Å². The second-order valence-electron chi connectivity index (χ2n) is 5.40. The molecular weight excluding hydrogens is 318 g/mol. The number of ether oxygens (including phenoxy) is 2. The van der Waals surface area contributed by atoms with Crippen LogP contribution in [-0.2, 0) is 19.1 Å². The average molecular weight is 335 g/mol. The molecule has 0 aromatic heterocycles. The number of rotatable bonds is 5. The third-order valence-electron chi connectivity index (χ3n) is 3.70. The minimum atomic E-state index is -1.82. The van der Waals surface area contributed by atoms with Crippen LogP contribution in [0, 0.1) is 0 Å². The van der Waals surface area contributed by atoms with E-state index >= 15 is 0 Å². The van der Waals surface area contributed by atoms with Gasteiger partial charge in [0.25, 0.3) is 5.54 Å². The molecule has 25 heavy (non-hydrogen) atoms. The van der Waals surface area contributed by atoms with Gasteiger partial charge in [0.2, 0.25) is 5.90 Å². The van der Waals surface area contributed by atoms with Crippen LogP contribution in [0.3, 0.4) is 0 Å². The van der Waals surface area contributed by atoms with Crippen LogP contribution in [0.2, 0.25) is 0 Å². The first-order valence-electron chi connectivity index (χ1n) is 7.95. The van der Waals surface area contributed by atoms with Gasteiger partial charge < -0.3 is 9.47 Å². The van der Waals surface area contributed by atoms with E-state index in [1.807, 2.05) is 36.4 Å². The Hall–Kier alpha value is -3.21. The average Bonchev–Trinajstić information content (AvgIpc) is 3.00. The van der Waals surface area contributed by atoms with Gasteiger partial charge in [-0.25, -0.2) is 14.6 Å². The molecule has 2 aromatic rings. The molecule has 3 rings (SSSR count). The largest absolute Gasteiger partial charge is 0.463 e. The molecule has 1 aliphatic rings. The number of carbonyl (C=O) groups excluding carboxylic acids is 2. The first-order valence-corrected chi connectivity index (χ1v) is 7.95. The van der Waals surface area contributed by atoms with E-state index in [0.717, 1.165) is 5.56 Å². The first kappa shape index (κ1) is 16.6. The number of benzene rings is 2. The molecule has 1 heterocycles. The Kier molecular flexibility index (Phi) is 4.75. The maximum absolute atomic E-state index is 12.5. The Bertz CT molecular complexity index is 827. The minimum absolute atomic E-state index is 0.108. The van der Waals surface area contributed by atoms with Gasteiger partial charge in [-0.3, -0.25) is 0 Å². The molecule has 0 saturated heterocycles. The van der Waals surface area contributed by atoms with Gasteiger partial charge in [-0.2, -0.15) is 0 Å². The topological polar surface area (TPSA) is 65.0 Å². The van der Waals surface area contributed by atoms with E-state index < -0.39 is 17.5 Å². The Labute approximate surface area is 145 Å². The number of cyclic esters (lactones) is 1. The van der Waals surface area contributed by atoms with Crippen molar-refractivity contribution in [2.24, 2.45) is 4.99 Å². The molecule has 0 radical (unpaired) electrons. The second-order valence-corrected chi connectivity index (χ2v) is 5.40. The summed E-state index contributed by atoms with van der Waals surface area (Å²) in [7, 11) is 0. The molecule has 0 N–H and O–H groups in total. The number of esters is 2. The summed E-state index contributed by atoms with van der Waals surface area (Å²) in [5.41, 5.74) is -0.366. The number of carbonyl (C=O) groups is 2. The molecule has 0 amide bonds. The van der Waals surface area contributed by atoms with Crippen molar-refractivity contribution >= 4 is 23.9 Å². The van der Waals surface area contributed by atoms with Crippen LogP contribution in [0.25, 0.3) is 6.08 Å². The molecule has 1 aliphatic heterocycles. The van der Waals surface area contributed by atoms with Gasteiger partial charge in [0, 0.05) is 5.56 Å². The molecule has 1 unspecified atom stereocenters. The maximum atomic E-state index is 12.5. The lowest BCUT2D eigenvalue weighted by molar-refractivity contribution is -0.155. The van der Waals surface area contributed by atoms with Gasteiger partial charge in [-0.05, 0) is 30.7 Å². The molecule has 0 spiro atoms. The fraction of sp³-hybridized carbons (Fsp3) is 0.150. The summed E-state index contributed by atoms with van der Waals surface area (Å²) >= 11 is 0. The Morgan fingerprint density at radius 1 is 1.12 bits per heavy atom. The van der Waals surface area contributed by atoms with Crippen LogP contribution >= 0.6 is 0 Å². The molecule has 5 nitrogen and oxygen atoms in total. The van der Waals surface area contributed by atoms with Crippen LogP contribution in [0.1, 0.15) is 18.1 Å². The second kappa shape index (κ2) is 7.13. The molecule has 0 saturated carbocycles. The Morgan fingerprint density at radius 3 is 2.40 bits per heavy atom. The number of hydrogen-bond acceptors (Lipinski definition) is 5. The summed E-state index contributed by atoms with van der Waals surface area (Å²) in [6, 6.07) is 18.3. The van der Waals surface area contributed by atoms with Gasteiger partial charge in [0.15, 0.2) is 0 Å². The highest BCUT2D eigenvalue weighted by Gasteiger charge is 2.52. The standard InChI is InChI=1S/C20H17NO4/c1-2-24-18(22)20(14-13-15-9-5-3-6-10-15)19(23)25-17(21-20)16-11-7-4-8-12-16/h3-14H,2H2,1H3/b14-13+. The predicted octanol–water partition coefficient (Wildman–Crippen LogP) is 3.01. The van der Waals surface area contributed by atoms with Gasteiger partial charge in [0.05, 0.1) is 6.61 Å². The van der Waals surface area contributed by atoms with Crippen molar-refractivity contribution in [3.05, 3.63) is 77.9 Å². The molecule has 0 fully saturated rings. The molecule has 0 aliphatic carbocycles. The van der Waals surface area contributed by atoms with Gasteiger partial charge >= 0.3 is 11.9 Å². The zero-order chi connectivity index (χ0) is 17.7. The van der Waals surface area contributed by atoms with Gasteiger partial charge in [0.1, 0.15) is 0 Å². The summed E-state index contributed by atoms with van der Waals surface area (Å²) in [6.07, 6.45) is 3.09. The lowest BCUT2D eigenvalue weighted by atomic mass is 9.99. The van der Waals surface area contributed by atoms with Crippen LogP contribution in [-0.4, -0.2) is 30.0 Å². The third-order valence-corrected chi connectivity index (χ3v) is 3.70. The minimum Gasteiger partial charge on any atom is -0.463 e. The molecule has 126 valence electrons. The quantitative estimate of drug-likeness (QED) is 0.622. The van der Waals surface area contributed by atoms with Crippen molar-refractivity contribution in [2.75, 3.05) is 6.61 Å². The van der Waals surface area contributed by atoms with Crippen LogP contribution in [0.15, 0.2) is 71.7 Å². The van der Waals surface area contributed by atoms with E-state index in [0.29, 0.717) is 5.56 Å². The highest BCUT2D eigenvalue weighted by molar-refractivity contribution is 6.19. The van der Waals surface area contributed by atoms with Crippen molar-refractivity contribution in [3.8, 4) is 0 Å². The SMILES string of the molecule is CCOC(=O)C1(/C=C/c2ccccc2)N=C(c2ccccc2)OC1=O. The Morgan fingerprint density at radius 2 is 1.76 bits per heavy atom. The normalized spacial score (nSPS) is 19.6. The third kappa shape index (κ3) is 3.35. The fourth-order valence-electron chi connectivity index (χ4n) is 2.42. The van der Waals surface area contributed by atoms with Crippen molar-refractivity contribution in [1.82, 2.24) is 0 Å². The van der Waals surface area contributed by atoms with Crippen LogP contribution in [0.5, 0.6) is 0 Å². The van der Waals surface area contributed by atoms with E-state index in [-0.39, 0.29) is 12.5 Å². The monoisotopic (exact) mass is 335 g/mol. The molecule has 5 heteroatoms. The van der Waals surface area contributed by atoms with E-state index in [9.17, 15) is 9.59 Å². The van der Waals surface area contributed by atoms with Crippen LogP contribution < -0.4 is 0 Å². The number of aliphatic imine (C=N–C) groups is 1. The van der Waals surface area contributed by atoms with E-state index in [1.165, 1.54) is 6.08 Å². The van der Waals surface area contributed by atoms with Crippen molar-refractivity contribution in [3.63, 3.8) is 0 Å². The van der Waals surface area contributed by atoms with Gasteiger partial charge in [-0.1, -0.05) is 54.6 Å². The lowest BCUT2D eigenvalue weighted by Crippen LogP contribution is -2.42. The van der Waals surface area contributed by atoms with Crippen molar-refractivity contribution in [1.29, 1.82) is 0 Å². The zero-order valence-corrected chi connectivity index (χ0v) is 13.7. The van der Waals surface area contributed by atoms with Gasteiger partial charge in [-0.15, -0.1) is 0 Å². The van der Waals surface area contributed by atoms with E-state index in [4.69, 9.17) is 9.47 Å². The summed E-state index contributed by atoms with van der Waals surface area (Å²) in [6.45, 7) is 1.82. The number of nitrogens with zero attached hydrogens (tertiary/aromatic N) is 1. The molecular formula is C20H17NO4. The van der Waals surface area contributed by atoms with E-state index in [1.54, 1.807) is 37.3 Å². The molecule has 2 aromatic carbocycles. The number of hydrogen-bond donors (Lipinski definition) is 0. The van der Waals surface area contributed by atoms with Crippen molar-refractivity contribution in [2.45, 2.75) is 12.5 Å². The summed E-state index contributed by atoms with van der Waals surface area (Å²) in [4.78, 5) is 29.3. The molecule has 1 atom stereocenters. The Balaban J connectivity index is 2.02. The molecule has 0 bridgehead atoms. The maximum Gasteiger partial charge on any atom is 0.356 e. The summed E-state index contributed by atoms with van der Waals surface area (Å²) < 4.78 is 10.4. The fourth-order valence-corrected chi connectivity index (χ4v) is 2.42. The first-order chi connectivity index (χ1) is 12.2. The van der Waals surface area contributed by atoms with E-state index in [2.05, 4.69) is 4.99 Å². The zero-order valence-electron chi connectivity index (χ0n) is 13.7. The highest BCUT2D eigenvalue weighted by Crippen LogP contribution is 2.27. The van der Waals surface area contributed by atoms with Crippen molar-refractivity contribution < 1.29 is 19.1 Å².